The maximum absolute atomic E-state index is 12.7. The zero-order valence-corrected chi connectivity index (χ0v) is 20.2. The van der Waals surface area contributed by atoms with Crippen LogP contribution in [0.2, 0.25) is 10.0 Å². The topological polar surface area (TPSA) is 129 Å². The van der Waals surface area contributed by atoms with E-state index in [9.17, 15) is 14.7 Å². The zero-order valence-electron chi connectivity index (χ0n) is 18.7. The van der Waals surface area contributed by atoms with Crippen LogP contribution in [0, 0.1) is 18.3 Å². The molecule has 0 radical (unpaired) electrons. The molecule has 2 aromatic heterocycles. The predicted molar refractivity (Wildman–Crippen MR) is 135 cm³/mol. The van der Waals surface area contributed by atoms with Crippen LogP contribution in [0.4, 0.5) is 5.69 Å². The molecular weight excluding hydrogens is 505 g/mol. The molecule has 10 nitrogen and oxygen atoms in total. The Morgan fingerprint density at radius 2 is 1.78 bits per heavy atom. The minimum atomic E-state index is -1.52. The third-order valence-electron chi connectivity index (χ3n) is 5.69. The molecule has 36 heavy (non-hydrogen) atoms. The summed E-state index contributed by atoms with van der Waals surface area (Å²) in [5.41, 5.74) is 3.26. The molecule has 1 atom stereocenters. The Labute approximate surface area is 214 Å². The fourth-order valence-electron chi connectivity index (χ4n) is 3.90. The molecular formula is C24H17Cl2N7O3. The summed E-state index contributed by atoms with van der Waals surface area (Å²) in [5.74, 6) is -0.797. The van der Waals surface area contributed by atoms with Gasteiger partial charge in [0.2, 0.25) is 12.1 Å². The van der Waals surface area contributed by atoms with Gasteiger partial charge in [-0.15, -0.1) is 0 Å². The van der Waals surface area contributed by atoms with Crippen molar-refractivity contribution in [2.45, 2.75) is 19.8 Å². The van der Waals surface area contributed by atoms with E-state index in [-0.39, 0.29) is 21.3 Å². The largest absolute Gasteiger partial charge is 0.355 e. The van der Waals surface area contributed by atoms with Crippen LogP contribution in [-0.2, 0) is 11.3 Å². The van der Waals surface area contributed by atoms with Crippen molar-refractivity contribution in [3.63, 3.8) is 0 Å². The number of nitrogens with one attached hydrogen (secondary N) is 1. The van der Waals surface area contributed by atoms with Crippen molar-refractivity contribution in [1.29, 1.82) is 5.26 Å². The number of aromatic nitrogens is 3. The summed E-state index contributed by atoms with van der Waals surface area (Å²) in [5, 5.41) is 31.2. The number of nitrogens with zero attached hydrogens (tertiary/aromatic N) is 6. The van der Waals surface area contributed by atoms with Crippen LogP contribution in [0.25, 0.3) is 16.7 Å². The summed E-state index contributed by atoms with van der Waals surface area (Å²) < 4.78 is 3.14. The molecule has 0 saturated carbocycles. The van der Waals surface area contributed by atoms with Crippen LogP contribution in [0.3, 0.4) is 0 Å². The second-order valence-electron chi connectivity index (χ2n) is 8.08. The Morgan fingerprint density at radius 3 is 2.44 bits per heavy atom. The lowest BCUT2D eigenvalue weighted by molar-refractivity contribution is -0.118. The maximum Gasteiger partial charge on any atom is 0.286 e. The number of rotatable bonds is 4. The second-order valence-corrected chi connectivity index (χ2v) is 8.89. The summed E-state index contributed by atoms with van der Waals surface area (Å²) in [7, 11) is 0. The number of amides is 1. The zero-order chi connectivity index (χ0) is 25.6. The Kier molecular flexibility index (Phi) is 5.97. The van der Waals surface area contributed by atoms with E-state index in [4.69, 9.17) is 28.5 Å². The van der Waals surface area contributed by atoms with Crippen molar-refractivity contribution >= 4 is 51.5 Å². The maximum atomic E-state index is 12.7. The number of nitriles is 1. The first-order valence-corrected chi connectivity index (χ1v) is 11.4. The number of benzene rings is 2. The number of aryl methyl sites for hydroxylation is 1. The predicted octanol–water partition coefficient (Wildman–Crippen LogP) is 2.94. The molecule has 0 bridgehead atoms. The van der Waals surface area contributed by atoms with Crippen LogP contribution in [0.15, 0.2) is 64.6 Å². The minimum absolute atomic E-state index is 0.164. The fourth-order valence-corrected chi connectivity index (χ4v) is 4.54. The molecule has 180 valence electrons. The molecule has 0 aliphatic carbocycles. The number of halogens is 2. The standard InChI is InChI=1S/C24H17Cl2N7O3/c1-13-2-4-14(5-3-13)12-31-20-11-28-33(19(20)6-7-21(31)34)22-16(25)8-15(9-17(22)26)32-24(36)29-23(35)18(10-27)30-32/h2-9,11,24,36H,12H2,1H3,(H,29,35). The van der Waals surface area contributed by atoms with E-state index in [1.165, 1.54) is 22.9 Å². The van der Waals surface area contributed by atoms with Gasteiger partial charge in [0.15, 0.2) is 0 Å². The number of aliphatic hydroxyl groups excluding tert-OH is 1. The highest BCUT2D eigenvalue weighted by atomic mass is 35.5. The number of hydrazone groups is 1. The summed E-state index contributed by atoms with van der Waals surface area (Å²) >= 11 is 13.2. The van der Waals surface area contributed by atoms with Gasteiger partial charge in [-0.2, -0.15) is 15.5 Å². The quantitative estimate of drug-likeness (QED) is 0.424. The molecule has 0 fully saturated rings. The number of carbonyl (C=O) groups is 1. The Hall–Kier alpha value is -4.17. The van der Waals surface area contributed by atoms with Gasteiger partial charge in [-0.3, -0.25) is 9.59 Å². The normalized spacial score (nSPS) is 15.5. The molecule has 1 aliphatic heterocycles. The van der Waals surface area contributed by atoms with E-state index in [1.54, 1.807) is 22.9 Å². The van der Waals surface area contributed by atoms with E-state index in [2.05, 4.69) is 15.5 Å². The lowest BCUT2D eigenvalue weighted by atomic mass is 10.1. The van der Waals surface area contributed by atoms with Crippen molar-refractivity contribution in [2.75, 3.05) is 5.01 Å². The van der Waals surface area contributed by atoms with Gasteiger partial charge in [0.25, 0.3) is 11.5 Å². The number of hydrogen-bond acceptors (Lipinski definition) is 7. The molecule has 1 aliphatic rings. The molecule has 0 saturated heterocycles. The molecule has 1 unspecified atom stereocenters. The van der Waals surface area contributed by atoms with Crippen LogP contribution >= 0.6 is 23.2 Å². The van der Waals surface area contributed by atoms with E-state index in [1.807, 2.05) is 31.2 Å². The van der Waals surface area contributed by atoms with E-state index < -0.39 is 18.0 Å². The Balaban J connectivity index is 1.58. The number of anilines is 1. The monoisotopic (exact) mass is 521 g/mol. The first kappa shape index (κ1) is 23.6. The van der Waals surface area contributed by atoms with Crippen LogP contribution in [0.5, 0.6) is 0 Å². The van der Waals surface area contributed by atoms with Crippen LogP contribution in [-0.4, -0.2) is 37.4 Å². The molecule has 1 amide bonds. The SMILES string of the molecule is Cc1ccc(Cn2c(=O)ccc3c2cnn3-c2c(Cl)cc(N3N=C(C#N)C(=O)NC3O)cc2Cl)cc1. The number of carbonyl (C=O) groups excluding carboxylic acids is 1. The first-order valence-electron chi connectivity index (χ1n) is 10.7. The Bertz CT molecular complexity index is 1630. The molecule has 5 rings (SSSR count). The van der Waals surface area contributed by atoms with Crippen molar-refractivity contribution in [1.82, 2.24) is 19.7 Å². The highest BCUT2D eigenvalue weighted by Crippen LogP contribution is 2.36. The van der Waals surface area contributed by atoms with Crippen molar-refractivity contribution in [3.8, 4) is 11.8 Å². The van der Waals surface area contributed by atoms with Crippen LogP contribution < -0.4 is 15.9 Å². The minimum Gasteiger partial charge on any atom is -0.355 e. The summed E-state index contributed by atoms with van der Waals surface area (Å²) in [6.07, 6.45) is 0.0492. The highest BCUT2D eigenvalue weighted by molar-refractivity contribution is 6.45. The van der Waals surface area contributed by atoms with E-state index in [0.717, 1.165) is 16.1 Å². The lowest BCUT2D eigenvalue weighted by Crippen LogP contribution is -2.53. The summed E-state index contributed by atoms with van der Waals surface area (Å²) in [6.45, 7) is 2.36. The fraction of sp³-hybridized carbons (Fsp3) is 0.125. The van der Waals surface area contributed by atoms with Gasteiger partial charge in [0.05, 0.1) is 39.5 Å². The van der Waals surface area contributed by atoms with E-state index >= 15 is 0 Å². The second kappa shape index (κ2) is 9.13. The van der Waals surface area contributed by atoms with Crippen molar-refractivity contribution in [3.05, 3.63) is 86.3 Å². The highest BCUT2D eigenvalue weighted by Gasteiger charge is 2.29. The van der Waals surface area contributed by atoms with Gasteiger partial charge >= 0.3 is 0 Å². The lowest BCUT2D eigenvalue weighted by Gasteiger charge is -2.29. The average Bonchev–Trinajstić information content (AvgIpc) is 3.25. The number of fused-ring (bicyclic) bond motifs is 1. The summed E-state index contributed by atoms with van der Waals surface area (Å²) in [6, 6.07) is 15.6. The van der Waals surface area contributed by atoms with Gasteiger partial charge in [-0.1, -0.05) is 53.0 Å². The number of hydrogen-bond donors (Lipinski definition) is 2. The van der Waals surface area contributed by atoms with Gasteiger partial charge < -0.3 is 15.0 Å². The van der Waals surface area contributed by atoms with Gasteiger partial charge in [0, 0.05) is 6.07 Å². The molecule has 0 spiro atoms. The molecule has 4 aromatic rings. The number of pyridine rings is 1. The van der Waals surface area contributed by atoms with E-state index in [0.29, 0.717) is 23.3 Å². The molecule has 3 heterocycles. The molecule has 2 aromatic carbocycles. The third kappa shape index (κ3) is 4.09. The summed E-state index contributed by atoms with van der Waals surface area (Å²) in [4.78, 5) is 24.4. The Morgan fingerprint density at radius 1 is 1.08 bits per heavy atom. The van der Waals surface area contributed by atoms with Gasteiger partial charge in [-0.25, -0.2) is 9.69 Å². The van der Waals surface area contributed by atoms with Crippen LogP contribution in [0.1, 0.15) is 11.1 Å². The molecule has 2 N–H and O–H groups in total. The van der Waals surface area contributed by atoms with Crippen molar-refractivity contribution < 1.29 is 9.90 Å². The van der Waals surface area contributed by atoms with Crippen molar-refractivity contribution in [2.24, 2.45) is 5.10 Å². The number of aliphatic hydroxyl groups is 1. The molecule has 12 heteroatoms. The first-order chi connectivity index (χ1) is 17.3. The van der Waals surface area contributed by atoms with Gasteiger partial charge in [-0.05, 0) is 30.7 Å². The average molecular weight is 522 g/mol. The third-order valence-corrected chi connectivity index (χ3v) is 6.26. The smallest absolute Gasteiger partial charge is 0.286 e. The van der Waals surface area contributed by atoms with Gasteiger partial charge in [0.1, 0.15) is 11.8 Å².